The van der Waals surface area contributed by atoms with Crippen molar-refractivity contribution in [2.75, 3.05) is 0 Å². The molecule has 0 spiro atoms. The summed E-state index contributed by atoms with van der Waals surface area (Å²) >= 11 is 7.62. The minimum absolute atomic E-state index is 0.321. The van der Waals surface area contributed by atoms with Crippen LogP contribution in [0.4, 0.5) is 0 Å². The molecule has 0 fully saturated rings. The van der Waals surface area contributed by atoms with Gasteiger partial charge in [0.25, 0.3) is 0 Å². The Morgan fingerprint density at radius 2 is 2.07 bits per heavy atom. The second-order valence-corrected chi connectivity index (χ2v) is 4.42. The maximum absolute atomic E-state index is 9.38. The summed E-state index contributed by atoms with van der Waals surface area (Å²) in [7, 11) is 0. The van der Waals surface area contributed by atoms with E-state index >= 15 is 0 Å². The van der Waals surface area contributed by atoms with Crippen molar-refractivity contribution in [1.29, 1.82) is 0 Å². The summed E-state index contributed by atoms with van der Waals surface area (Å²) in [5.74, 6) is 0.321. The van der Waals surface area contributed by atoms with Crippen LogP contribution in [0.25, 0.3) is 10.4 Å². The molecule has 0 aliphatic carbocycles. The van der Waals surface area contributed by atoms with Gasteiger partial charge in [-0.1, -0.05) is 11.6 Å². The average Bonchev–Trinajstić information content (AvgIpc) is 2.57. The van der Waals surface area contributed by atoms with Crippen LogP contribution >= 0.6 is 22.9 Å². The zero-order valence-corrected chi connectivity index (χ0v) is 9.19. The molecule has 14 heavy (non-hydrogen) atoms. The van der Waals surface area contributed by atoms with Crippen LogP contribution in [0, 0.1) is 6.92 Å². The lowest BCUT2D eigenvalue weighted by atomic mass is 10.1. The Kier molecular flexibility index (Phi) is 2.48. The molecule has 2 aromatic rings. The van der Waals surface area contributed by atoms with Gasteiger partial charge in [-0.3, -0.25) is 0 Å². The van der Waals surface area contributed by atoms with Crippen molar-refractivity contribution < 1.29 is 5.11 Å². The summed E-state index contributed by atoms with van der Waals surface area (Å²) in [6, 6.07) is 7.39. The Hall–Kier alpha value is -0.990. The number of hydrogen-bond acceptors (Lipinski definition) is 2. The Balaban J connectivity index is 2.53. The lowest BCUT2D eigenvalue weighted by Crippen LogP contribution is -1.77. The minimum atomic E-state index is 0.321. The summed E-state index contributed by atoms with van der Waals surface area (Å²) in [5.41, 5.74) is 1.92. The van der Waals surface area contributed by atoms with E-state index in [9.17, 15) is 5.11 Å². The van der Waals surface area contributed by atoms with Gasteiger partial charge >= 0.3 is 0 Å². The summed E-state index contributed by atoms with van der Waals surface area (Å²) in [6.07, 6.45) is 0. The van der Waals surface area contributed by atoms with Crippen molar-refractivity contribution in [3.63, 3.8) is 0 Å². The molecule has 0 aliphatic rings. The van der Waals surface area contributed by atoms with Gasteiger partial charge < -0.3 is 5.11 Å². The van der Waals surface area contributed by atoms with Crippen molar-refractivity contribution in [2.24, 2.45) is 0 Å². The highest BCUT2D eigenvalue weighted by Gasteiger charge is 2.06. The van der Waals surface area contributed by atoms with Crippen LogP contribution in [0.15, 0.2) is 29.6 Å². The van der Waals surface area contributed by atoms with Gasteiger partial charge in [-0.15, -0.1) is 11.3 Å². The molecule has 0 unspecified atom stereocenters. The topological polar surface area (TPSA) is 20.2 Å². The Bertz CT molecular complexity index is 462. The van der Waals surface area contributed by atoms with Crippen LogP contribution < -0.4 is 0 Å². The predicted molar refractivity (Wildman–Crippen MR) is 61.2 cm³/mol. The van der Waals surface area contributed by atoms with E-state index in [1.165, 1.54) is 0 Å². The van der Waals surface area contributed by atoms with E-state index in [0.29, 0.717) is 5.75 Å². The van der Waals surface area contributed by atoms with Gasteiger partial charge in [0.1, 0.15) is 5.75 Å². The van der Waals surface area contributed by atoms with Crippen LogP contribution in [0.5, 0.6) is 5.75 Å². The summed E-state index contributed by atoms with van der Waals surface area (Å²) < 4.78 is 0. The van der Waals surface area contributed by atoms with E-state index in [1.54, 1.807) is 17.4 Å². The number of aryl methyl sites for hydroxylation is 1. The van der Waals surface area contributed by atoms with Crippen LogP contribution in [0.2, 0.25) is 5.02 Å². The highest BCUT2D eigenvalue weighted by molar-refractivity contribution is 7.14. The van der Waals surface area contributed by atoms with E-state index in [4.69, 9.17) is 11.6 Å². The van der Waals surface area contributed by atoms with Gasteiger partial charge in [0.2, 0.25) is 0 Å². The van der Waals surface area contributed by atoms with Crippen molar-refractivity contribution in [1.82, 2.24) is 0 Å². The lowest BCUT2D eigenvalue weighted by Gasteiger charge is -2.02. The van der Waals surface area contributed by atoms with Gasteiger partial charge in [0.15, 0.2) is 0 Å². The number of thiophene rings is 1. The lowest BCUT2D eigenvalue weighted by molar-refractivity contribution is 0.471. The molecule has 0 saturated carbocycles. The van der Waals surface area contributed by atoms with E-state index in [1.807, 2.05) is 30.5 Å². The number of aromatic hydroxyl groups is 1. The number of phenols is 1. The number of halogens is 1. The van der Waals surface area contributed by atoms with Crippen molar-refractivity contribution in [3.8, 4) is 16.2 Å². The van der Waals surface area contributed by atoms with Crippen molar-refractivity contribution >= 4 is 22.9 Å². The maximum Gasteiger partial charge on any atom is 0.118 e. The normalized spacial score (nSPS) is 10.4. The quantitative estimate of drug-likeness (QED) is 0.774. The monoisotopic (exact) mass is 224 g/mol. The molecule has 0 aliphatic heterocycles. The molecule has 1 aromatic carbocycles. The largest absolute Gasteiger partial charge is 0.508 e. The Labute approximate surface area is 91.6 Å². The SMILES string of the molecule is Cc1cc(-c2sccc2Cl)ccc1O. The smallest absolute Gasteiger partial charge is 0.118 e. The summed E-state index contributed by atoms with van der Waals surface area (Å²) in [6.45, 7) is 1.88. The van der Waals surface area contributed by atoms with Gasteiger partial charge in [-0.25, -0.2) is 0 Å². The first kappa shape index (κ1) is 9.56. The Morgan fingerprint density at radius 3 is 2.64 bits per heavy atom. The first-order valence-electron chi connectivity index (χ1n) is 4.21. The van der Waals surface area contributed by atoms with E-state index < -0.39 is 0 Å². The first-order valence-corrected chi connectivity index (χ1v) is 5.47. The molecule has 0 atom stereocenters. The molecule has 0 saturated heterocycles. The third kappa shape index (κ3) is 1.63. The van der Waals surface area contributed by atoms with Gasteiger partial charge in [-0.2, -0.15) is 0 Å². The highest BCUT2D eigenvalue weighted by Crippen LogP contribution is 2.34. The van der Waals surface area contributed by atoms with Crippen molar-refractivity contribution in [3.05, 3.63) is 40.2 Å². The minimum Gasteiger partial charge on any atom is -0.508 e. The molecule has 1 heterocycles. The standard InChI is InChI=1S/C11H9ClOS/c1-7-6-8(2-3-10(7)13)11-9(12)4-5-14-11/h2-6,13H,1H3. The van der Waals surface area contributed by atoms with E-state index in [0.717, 1.165) is 21.0 Å². The van der Waals surface area contributed by atoms with Crippen LogP contribution in [-0.4, -0.2) is 5.11 Å². The van der Waals surface area contributed by atoms with Crippen LogP contribution in [0.1, 0.15) is 5.56 Å². The summed E-state index contributed by atoms with van der Waals surface area (Å²) in [4.78, 5) is 1.05. The molecule has 1 N–H and O–H groups in total. The first-order chi connectivity index (χ1) is 6.68. The number of benzene rings is 1. The molecule has 0 amide bonds. The molecular weight excluding hydrogens is 216 g/mol. The molecule has 0 bridgehead atoms. The molecule has 2 rings (SSSR count). The molecule has 3 heteroatoms. The van der Waals surface area contributed by atoms with E-state index in [2.05, 4.69) is 0 Å². The molecule has 0 radical (unpaired) electrons. The van der Waals surface area contributed by atoms with E-state index in [-0.39, 0.29) is 0 Å². The third-order valence-corrected chi connectivity index (χ3v) is 3.47. The third-order valence-electron chi connectivity index (χ3n) is 2.08. The number of hydrogen-bond donors (Lipinski definition) is 1. The molecule has 72 valence electrons. The van der Waals surface area contributed by atoms with Crippen molar-refractivity contribution in [2.45, 2.75) is 6.92 Å². The average molecular weight is 225 g/mol. The van der Waals surface area contributed by atoms with Gasteiger partial charge in [0.05, 0.1) is 9.90 Å². The van der Waals surface area contributed by atoms with Crippen LogP contribution in [0.3, 0.4) is 0 Å². The number of rotatable bonds is 1. The zero-order chi connectivity index (χ0) is 10.1. The fourth-order valence-corrected chi connectivity index (χ4v) is 2.46. The summed E-state index contributed by atoms with van der Waals surface area (Å²) in [5, 5.41) is 12.1. The second-order valence-electron chi connectivity index (χ2n) is 3.10. The van der Waals surface area contributed by atoms with Crippen LogP contribution in [-0.2, 0) is 0 Å². The predicted octanol–water partition coefficient (Wildman–Crippen LogP) is 4.08. The fourth-order valence-electron chi connectivity index (χ4n) is 1.30. The number of phenolic OH excluding ortho intramolecular Hbond substituents is 1. The van der Waals surface area contributed by atoms with Gasteiger partial charge in [-0.05, 0) is 47.7 Å². The second kappa shape index (κ2) is 3.64. The highest BCUT2D eigenvalue weighted by atomic mass is 35.5. The fraction of sp³-hybridized carbons (Fsp3) is 0.0909. The molecule has 1 aromatic heterocycles. The maximum atomic E-state index is 9.38. The molecular formula is C11H9ClOS. The van der Waals surface area contributed by atoms with Gasteiger partial charge in [0, 0.05) is 0 Å². The zero-order valence-electron chi connectivity index (χ0n) is 7.62. The Morgan fingerprint density at radius 1 is 1.29 bits per heavy atom. The molecule has 1 nitrogen and oxygen atoms in total.